The third-order valence-electron chi connectivity index (χ3n) is 4.06. The maximum atomic E-state index is 2.48. The van der Waals surface area contributed by atoms with Gasteiger partial charge in [-0.15, -0.1) is 0 Å². The van der Waals surface area contributed by atoms with Crippen molar-refractivity contribution < 1.29 is 0 Å². The van der Waals surface area contributed by atoms with E-state index in [0.29, 0.717) is 5.66 Å². The van der Waals surface area contributed by atoms with Crippen molar-refractivity contribution in [2.45, 2.75) is 26.4 Å². The zero-order chi connectivity index (χ0) is 15.6. The molecule has 0 radical (unpaired) electrons. The zero-order valence-electron chi connectivity index (χ0n) is 13.5. The molecule has 0 saturated carbocycles. The first kappa shape index (κ1) is 15.3. The molecule has 1 heteroatoms. The molecule has 1 aliphatic rings. The van der Waals surface area contributed by atoms with E-state index in [-0.39, 0.29) is 13.3 Å². The number of rotatable bonds is 3. The van der Waals surface area contributed by atoms with E-state index >= 15 is 0 Å². The topological polar surface area (TPSA) is 0 Å². The zero-order valence-corrected chi connectivity index (χ0v) is 14.4. The van der Waals surface area contributed by atoms with Crippen molar-refractivity contribution in [1.29, 1.82) is 0 Å². The van der Waals surface area contributed by atoms with E-state index < -0.39 is 0 Å². The predicted octanol–water partition coefficient (Wildman–Crippen LogP) is 5.03. The fourth-order valence-corrected chi connectivity index (χ4v) is 5.37. The van der Waals surface area contributed by atoms with Crippen LogP contribution in [0, 0.1) is 5.41 Å². The van der Waals surface area contributed by atoms with Gasteiger partial charge in [0, 0.05) is 5.66 Å². The highest BCUT2D eigenvalue weighted by atomic mass is 31.1. The molecule has 2 aromatic carbocycles. The van der Waals surface area contributed by atoms with Gasteiger partial charge in [-0.2, -0.15) is 0 Å². The number of allylic oxidation sites excluding steroid dienone is 4. The fourth-order valence-electron chi connectivity index (χ4n) is 2.83. The van der Waals surface area contributed by atoms with Gasteiger partial charge in [0.1, 0.15) is 0 Å². The molecule has 0 bridgehead atoms. The molecule has 0 fully saturated rings. The molecule has 1 unspecified atom stereocenters. The van der Waals surface area contributed by atoms with Crippen LogP contribution in [0.4, 0.5) is 0 Å². The van der Waals surface area contributed by atoms with Gasteiger partial charge in [0.25, 0.3) is 0 Å². The summed E-state index contributed by atoms with van der Waals surface area (Å²) in [6.07, 6.45) is 7.20. The molecule has 0 heterocycles. The molecule has 22 heavy (non-hydrogen) atoms. The molecular formula is C21H23P. The van der Waals surface area contributed by atoms with Crippen LogP contribution < -0.4 is 10.6 Å². The molecule has 2 aromatic rings. The summed E-state index contributed by atoms with van der Waals surface area (Å²) >= 11 is 0. The van der Waals surface area contributed by atoms with Gasteiger partial charge in [0.15, 0.2) is 0 Å². The van der Waals surface area contributed by atoms with Gasteiger partial charge in [-0.25, -0.2) is 0 Å². The first-order chi connectivity index (χ1) is 10.6. The van der Waals surface area contributed by atoms with Gasteiger partial charge >= 0.3 is 0 Å². The van der Waals surface area contributed by atoms with E-state index in [4.69, 9.17) is 0 Å². The van der Waals surface area contributed by atoms with E-state index in [1.54, 1.807) is 0 Å². The predicted molar refractivity (Wildman–Crippen MR) is 99.5 cm³/mol. The molecule has 1 atom stereocenters. The van der Waals surface area contributed by atoms with E-state index in [1.807, 2.05) is 0 Å². The van der Waals surface area contributed by atoms with E-state index in [0.717, 1.165) is 0 Å². The van der Waals surface area contributed by atoms with Crippen LogP contribution in [0.2, 0.25) is 0 Å². The molecule has 0 saturated heterocycles. The van der Waals surface area contributed by atoms with Gasteiger partial charge in [-0.3, -0.25) is 0 Å². The van der Waals surface area contributed by atoms with Crippen molar-refractivity contribution in [2.24, 2.45) is 5.41 Å². The SMILES string of the molecule is CC(C)(C)C1=CC(P(c2ccccc2)c2ccccc2)C=C1. The van der Waals surface area contributed by atoms with Gasteiger partial charge in [-0.05, 0) is 29.5 Å². The highest BCUT2D eigenvalue weighted by molar-refractivity contribution is 7.74. The molecular weight excluding hydrogens is 283 g/mol. The lowest BCUT2D eigenvalue weighted by molar-refractivity contribution is 0.518. The maximum absolute atomic E-state index is 2.48. The molecule has 3 rings (SSSR count). The molecule has 0 N–H and O–H groups in total. The van der Waals surface area contributed by atoms with Crippen LogP contribution in [0.25, 0.3) is 0 Å². The van der Waals surface area contributed by atoms with Crippen LogP contribution in [0.3, 0.4) is 0 Å². The number of hydrogen-bond donors (Lipinski definition) is 0. The van der Waals surface area contributed by atoms with E-state index in [9.17, 15) is 0 Å². The van der Waals surface area contributed by atoms with Crippen molar-refractivity contribution >= 4 is 18.5 Å². The summed E-state index contributed by atoms with van der Waals surface area (Å²) in [4.78, 5) is 0. The largest absolute Gasteiger partial charge is 0.0724 e. The Morgan fingerprint density at radius 1 is 0.773 bits per heavy atom. The monoisotopic (exact) mass is 306 g/mol. The van der Waals surface area contributed by atoms with Crippen LogP contribution in [0.15, 0.2) is 84.5 Å². The molecule has 112 valence electrons. The molecule has 0 amide bonds. The average molecular weight is 306 g/mol. The van der Waals surface area contributed by atoms with E-state index in [2.05, 4.69) is 99.7 Å². The molecule has 0 spiro atoms. The quantitative estimate of drug-likeness (QED) is 0.698. The molecule has 0 nitrogen and oxygen atoms in total. The fraction of sp³-hybridized carbons (Fsp3) is 0.238. The first-order valence-corrected chi connectivity index (χ1v) is 9.26. The Bertz CT molecular complexity index is 635. The lowest BCUT2D eigenvalue weighted by Gasteiger charge is -2.24. The minimum absolute atomic E-state index is 0.222. The number of benzene rings is 2. The Morgan fingerprint density at radius 2 is 1.27 bits per heavy atom. The summed E-state index contributed by atoms with van der Waals surface area (Å²) in [7, 11) is -0.389. The highest BCUT2D eigenvalue weighted by Crippen LogP contribution is 2.45. The second kappa shape index (κ2) is 6.23. The van der Waals surface area contributed by atoms with Crippen molar-refractivity contribution in [3.63, 3.8) is 0 Å². The normalized spacial score (nSPS) is 17.8. The Labute approximate surface area is 135 Å². The van der Waals surface area contributed by atoms with Crippen LogP contribution in [0.1, 0.15) is 20.8 Å². The lowest BCUT2D eigenvalue weighted by atomic mass is 9.87. The summed E-state index contributed by atoms with van der Waals surface area (Å²) in [6.45, 7) is 6.87. The summed E-state index contributed by atoms with van der Waals surface area (Å²) in [5, 5.41) is 2.90. The van der Waals surface area contributed by atoms with Crippen molar-refractivity contribution in [3.05, 3.63) is 84.5 Å². The smallest absolute Gasteiger partial charge is 0.0240 e. The third-order valence-corrected chi connectivity index (χ3v) is 6.68. The minimum Gasteiger partial charge on any atom is -0.0724 e. The van der Waals surface area contributed by atoms with Crippen molar-refractivity contribution in [1.82, 2.24) is 0 Å². The molecule has 0 aromatic heterocycles. The molecule has 1 aliphatic carbocycles. The molecule has 0 aliphatic heterocycles. The Kier molecular flexibility index (Phi) is 4.32. The second-order valence-corrected chi connectivity index (χ2v) is 9.13. The van der Waals surface area contributed by atoms with Crippen molar-refractivity contribution in [2.75, 3.05) is 0 Å². The van der Waals surface area contributed by atoms with Crippen LogP contribution in [0.5, 0.6) is 0 Å². The Balaban J connectivity index is 2.02. The summed E-state index contributed by atoms with van der Waals surface area (Å²) in [6, 6.07) is 21.9. The van der Waals surface area contributed by atoms with Crippen LogP contribution in [-0.4, -0.2) is 5.66 Å². The van der Waals surface area contributed by atoms with Crippen LogP contribution in [-0.2, 0) is 0 Å². The van der Waals surface area contributed by atoms with Gasteiger partial charge in [0.2, 0.25) is 0 Å². The first-order valence-electron chi connectivity index (χ1n) is 7.85. The van der Waals surface area contributed by atoms with E-state index in [1.165, 1.54) is 16.2 Å². The van der Waals surface area contributed by atoms with Crippen molar-refractivity contribution in [3.8, 4) is 0 Å². The highest BCUT2D eigenvalue weighted by Gasteiger charge is 2.27. The summed E-state index contributed by atoms with van der Waals surface area (Å²) < 4.78 is 0. The van der Waals surface area contributed by atoms with Gasteiger partial charge in [-0.1, -0.05) is 99.7 Å². The average Bonchev–Trinajstić information content (AvgIpc) is 2.99. The summed E-state index contributed by atoms with van der Waals surface area (Å²) in [5.74, 6) is 0. The number of hydrogen-bond acceptors (Lipinski definition) is 0. The Morgan fingerprint density at radius 3 is 1.68 bits per heavy atom. The van der Waals surface area contributed by atoms with Crippen LogP contribution >= 0.6 is 7.92 Å². The Hall–Kier alpha value is -1.65. The standard InChI is InChI=1S/C21H23P/c1-21(2,3)17-14-15-20(16-17)22(18-10-6-4-7-11-18)19-12-8-5-9-13-19/h4-16,20H,1-3H3. The van der Waals surface area contributed by atoms with Gasteiger partial charge < -0.3 is 0 Å². The summed E-state index contributed by atoms with van der Waals surface area (Å²) in [5.41, 5.74) is 2.17. The minimum atomic E-state index is -0.389. The maximum Gasteiger partial charge on any atom is 0.0240 e. The third kappa shape index (κ3) is 3.23. The second-order valence-electron chi connectivity index (χ2n) is 6.76. The lowest BCUT2D eigenvalue weighted by Crippen LogP contribution is -2.18. The van der Waals surface area contributed by atoms with Gasteiger partial charge in [0.05, 0.1) is 0 Å².